The Morgan fingerprint density at radius 3 is 2.74 bits per heavy atom. The van der Waals surface area contributed by atoms with Crippen LogP contribution in [-0.4, -0.2) is 40.5 Å². The van der Waals surface area contributed by atoms with Gasteiger partial charge in [-0.3, -0.25) is 14.6 Å². The van der Waals surface area contributed by atoms with Crippen LogP contribution in [0.3, 0.4) is 0 Å². The maximum atomic E-state index is 13.2. The fraction of sp³-hybridized carbons (Fsp3) is 0.464. The first-order valence-electron chi connectivity index (χ1n) is 12.8. The van der Waals surface area contributed by atoms with Gasteiger partial charge in [-0.25, -0.2) is 0 Å². The van der Waals surface area contributed by atoms with Crippen LogP contribution in [0.1, 0.15) is 50.5 Å². The molecule has 2 aliphatic carbocycles. The van der Waals surface area contributed by atoms with Gasteiger partial charge >= 0.3 is 0 Å². The monoisotopic (exact) mass is 474 g/mol. The van der Waals surface area contributed by atoms with Crippen LogP contribution in [0.25, 0.3) is 10.9 Å². The zero-order chi connectivity index (χ0) is 24.0. The lowest BCUT2D eigenvalue weighted by Crippen LogP contribution is -2.46. The van der Waals surface area contributed by atoms with E-state index >= 15 is 0 Å². The Bertz CT molecular complexity index is 1140. The minimum absolute atomic E-state index is 0.00669. The van der Waals surface area contributed by atoms with Crippen LogP contribution < -0.4 is 15.4 Å². The summed E-state index contributed by atoms with van der Waals surface area (Å²) in [7, 11) is 0. The minimum Gasteiger partial charge on any atom is -0.492 e. The Kier molecular flexibility index (Phi) is 7.31. The van der Waals surface area contributed by atoms with Crippen LogP contribution >= 0.6 is 0 Å². The van der Waals surface area contributed by atoms with Crippen LogP contribution in [0, 0.1) is 11.8 Å². The topological polar surface area (TPSA) is 96.1 Å². The highest BCUT2D eigenvalue weighted by Gasteiger charge is 2.40. The van der Waals surface area contributed by atoms with Gasteiger partial charge in [0, 0.05) is 41.8 Å². The Morgan fingerprint density at radius 1 is 1.06 bits per heavy atom. The minimum atomic E-state index is -0.227. The number of benzene rings is 1. The van der Waals surface area contributed by atoms with E-state index in [1.807, 2.05) is 36.5 Å². The van der Waals surface area contributed by atoms with Gasteiger partial charge in [-0.15, -0.1) is 0 Å². The number of para-hydroxylation sites is 1. The predicted molar refractivity (Wildman–Crippen MR) is 135 cm³/mol. The van der Waals surface area contributed by atoms with Gasteiger partial charge in [0.2, 0.25) is 11.8 Å². The lowest BCUT2D eigenvalue weighted by molar-refractivity contribution is -0.127. The zero-order valence-corrected chi connectivity index (χ0v) is 20.0. The quantitative estimate of drug-likeness (QED) is 0.434. The second kappa shape index (κ2) is 10.9. The number of hydrogen-bond acceptors (Lipinski definition) is 4. The summed E-state index contributed by atoms with van der Waals surface area (Å²) in [5, 5.41) is 7.60. The summed E-state index contributed by atoms with van der Waals surface area (Å²) in [4.78, 5) is 33.5. The van der Waals surface area contributed by atoms with Crippen molar-refractivity contribution in [3.8, 4) is 5.75 Å². The number of nitrogens with one attached hydrogen (secondary N) is 3. The van der Waals surface area contributed by atoms with Gasteiger partial charge in [0.25, 0.3) is 0 Å². The number of aromatic amines is 1. The fourth-order valence-corrected chi connectivity index (χ4v) is 5.62. The summed E-state index contributed by atoms with van der Waals surface area (Å²) in [5.41, 5.74) is 2.22. The van der Waals surface area contributed by atoms with E-state index in [0.29, 0.717) is 25.9 Å². The number of carbonyl (C=O) groups is 2. The maximum Gasteiger partial charge on any atom is 0.225 e. The highest BCUT2D eigenvalue weighted by Crippen LogP contribution is 2.33. The number of rotatable bonds is 9. The number of pyridine rings is 1. The maximum absolute atomic E-state index is 13.2. The molecule has 3 N–H and O–H groups in total. The van der Waals surface area contributed by atoms with Crippen LogP contribution in [-0.2, 0) is 16.0 Å². The van der Waals surface area contributed by atoms with Gasteiger partial charge < -0.3 is 20.4 Å². The smallest absolute Gasteiger partial charge is 0.225 e. The zero-order valence-electron chi connectivity index (χ0n) is 20.0. The van der Waals surface area contributed by atoms with Gasteiger partial charge in [-0.1, -0.05) is 31.0 Å². The van der Waals surface area contributed by atoms with Crippen molar-refractivity contribution in [2.75, 3.05) is 6.61 Å². The highest BCUT2D eigenvalue weighted by molar-refractivity contribution is 5.85. The molecule has 0 spiro atoms. The average Bonchev–Trinajstić information content (AvgIpc) is 3.62. The van der Waals surface area contributed by atoms with Crippen molar-refractivity contribution in [2.24, 2.45) is 11.8 Å². The van der Waals surface area contributed by atoms with Crippen molar-refractivity contribution in [3.05, 3.63) is 60.6 Å². The van der Waals surface area contributed by atoms with Crippen molar-refractivity contribution in [3.63, 3.8) is 0 Å². The van der Waals surface area contributed by atoms with E-state index in [1.165, 1.54) is 12.8 Å². The van der Waals surface area contributed by atoms with Crippen molar-refractivity contribution in [1.82, 2.24) is 20.6 Å². The molecular formula is C28H34N4O3. The number of ether oxygens (including phenoxy) is 1. The van der Waals surface area contributed by atoms with Crippen molar-refractivity contribution >= 4 is 22.7 Å². The SMILES string of the molecule is O=C(CCc1c[nH]c2ccccc12)N[C@@H]1C[C@H](COc2cccnc2)C[C@H]1C(=O)NC1CCCC1. The molecule has 2 heterocycles. The molecule has 0 bridgehead atoms. The molecule has 3 aromatic rings. The van der Waals surface area contributed by atoms with Crippen LogP contribution in [0.2, 0.25) is 0 Å². The molecule has 0 saturated heterocycles. The summed E-state index contributed by atoms with van der Waals surface area (Å²) in [5.74, 6) is 0.768. The van der Waals surface area contributed by atoms with Crippen LogP contribution in [0.15, 0.2) is 55.0 Å². The summed E-state index contributed by atoms with van der Waals surface area (Å²) >= 11 is 0. The molecule has 1 aromatic carbocycles. The number of hydrogen-bond donors (Lipinski definition) is 3. The van der Waals surface area contributed by atoms with E-state index in [2.05, 4.69) is 26.7 Å². The van der Waals surface area contributed by atoms with E-state index in [1.54, 1.807) is 12.4 Å². The molecule has 0 aliphatic heterocycles. The molecule has 2 fully saturated rings. The molecule has 5 rings (SSSR count). The molecule has 3 atom stereocenters. The summed E-state index contributed by atoms with van der Waals surface area (Å²) in [6, 6.07) is 12.0. The molecule has 0 unspecified atom stereocenters. The summed E-state index contributed by atoms with van der Waals surface area (Å²) in [6.45, 7) is 0.514. The third kappa shape index (κ3) is 5.84. The van der Waals surface area contributed by atoms with Gasteiger partial charge in [0.1, 0.15) is 5.75 Å². The molecular weight excluding hydrogens is 440 g/mol. The third-order valence-corrected chi connectivity index (χ3v) is 7.46. The first kappa shape index (κ1) is 23.4. The molecule has 7 heteroatoms. The lowest BCUT2D eigenvalue weighted by Gasteiger charge is -2.22. The Morgan fingerprint density at radius 2 is 1.91 bits per heavy atom. The van der Waals surface area contributed by atoms with Gasteiger partial charge in [0.15, 0.2) is 0 Å². The van der Waals surface area contributed by atoms with Crippen LogP contribution in [0.4, 0.5) is 0 Å². The van der Waals surface area contributed by atoms with Crippen molar-refractivity contribution < 1.29 is 14.3 Å². The predicted octanol–water partition coefficient (Wildman–Crippen LogP) is 4.14. The molecule has 2 amide bonds. The van der Waals surface area contributed by atoms with Crippen molar-refractivity contribution in [2.45, 2.75) is 63.5 Å². The summed E-state index contributed by atoms with van der Waals surface area (Å²) in [6.07, 6.45) is 12.3. The van der Waals surface area contributed by atoms with E-state index in [0.717, 1.165) is 41.5 Å². The number of aryl methyl sites for hydroxylation is 1. The standard InChI is InChI=1S/C28H34N4O3/c33-27(12-11-20-16-30-25-10-4-3-9-23(20)25)32-26-15-19(18-35-22-8-5-13-29-17-22)14-24(26)28(34)31-21-6-1-2-7-21/h3-5,8-10,13,16-17,19,21,24,26,30H,1-2,6-7,11-12,14-15,18H2,(H,31,34)(H,32,33)/t19-,24-,26-/m1/s1. The normalized spacial score (nSPS) is 22.3. The Labute approximate surface area is 206 Å². The number of carbonyl (C=O) groups excluding carboxylic acids is 2. The Hall–Kier alpha value is -3.35. The van der Waals surface area contributed by atoms with Crippen molar-refractivity contribution in [1.29, 1.82) is 0 Å². The molecule has 2 aromatic heterocycles. The first-order chi connectivity index (χ1) is 17.2. The summed E-state index contributed by atoms with van der Waals surface area (Å²) < 4.78 is 5.93. The van der Waals surface area contributed by atoms with E-state index in [9.17, 15) is 9.59 Å². The van der Waals surface area contributed by atoms with Gasteiger partial charge in [0.05, 0.1) is 18.7 Å². The molecule has 7 nitrogen and oxygen atoms in total. The third-order valence-electron chi connectivity index (χ3n) is 7.46. The van der Waals surface area contributed by atoms with E-state index < -0.39 is 0 Å². The molecule has 35 heavy (non-hydrogen) atoms. The Balaban J connectivity index is 1.20. The van der Waals surface area contributed by atoms with Gasteiger partial charge in [-0.2, -0.15) is 0 Å². The van der Waals surface area contributed by atoms with E-state index in [-0.39, 0.29) is 35.7 Å². The molecule has 0 radical (unpaired) electrons. The second-order valence-electron chi connectivity index (χ2n) is 9.97. The first-order valence-corrected chi connectivity index (χ1v) is 12.8. The molecule has 2 saturated carbocycles. The second-order valence-corrected chi connectivity index (χ2v) is 9.97. The number of H-pyrrole nitrogens is 1. The molecule has 184 valence electrons. The highest BCUT2D eigenvalue weighted by atomic mass is 16.5. The fourth-order valence-electron chi connectivity index (χ4n) is 5.62. The number of fused-ring (bicyclic) bond motifs is 1. The number of aromatic nitrogens is 2. The van der Waals surface area contributed by atoms with Crippen LogP contribution in [0.5, 0.6) is 5.75 Å². The number of nitrogens with zero attached hydrogens (tertiary/aromatic N) is 1. The lowest BCUT2D eigenvalue weighted by atomic mass is 10.0. The number of amides is 2. The largest absolute Gasteiger partial charge is 0.492 e. The van der Waals surface area contributed by atoms with Gasteiger partial charge in [-0.05, 0) is 61.8 Å². The average molecular weight is 475 g/mol. The van der Waals surface area contributed by atoms with E-state index in [4.69, 9.17) is 4.74 Å². The molecule has 2 aliphatic rings.